The van der Waals surface area contributed by atoms with Crippen LogP contribution in [-0.2, 0) is 14.3 Å². The van der Waals surface area contributed by atoms with E-state index in [0.29, 0.717) is 25.6 Å². The second kappa shape index (κ2) is 9.68. The molecule has 28 heavy (non-hydrogen) atoms. The summed E-state index contributed by atoms with van der Waals surface area (Å²) >= 11 is 0. The number of hydrogen-bond donors (Lipinski definition) is 2. The summed E-state index contributed by atoms with van der Waals surface area (Å²) in [4.78, 5) is 21.1. The molecular weight excluding hydrogens is 358 g/mol. The molecule has 2 saturated heterocycles. The van der Waals surface area contributed by atoms with Crippen LogP contribution in [0.3, 0.4) is 0 Å². The Bertz CT molecular complexity index is 714. The zero-order chi connectivity index (χ0) is 19.9. The number of carbonyl (C=O) groups is 1. The molecule has 0 aromatic heterocycles. The molecule has 2 aliphatic heterocycles. The molecule has 0 saturated carbocycles. The number of amides is 1. The third kappa shape index (κ3) is 5.09. The Morgan fingerprint density at radius 3 is 2.64 bits per heavy atom. The quantitative estimate of drug-likeness (QED) is 0.339. The van der Waals surface area contributed by atoms with Crippen LogP contribution < -0.4 is 11.3 Å². The molecule has 0 radical (unpaired) electrons. The topological polar surface area (TPSA) is 92.4 Å². The molecule has 2 heterocycles. The van der Waals surface area contributed by atoms with Gasteiger partial charge in [-0.25, -0.2) is 5.84 Å². The van der Waals surface area contributed by atoms with Gasteiger partial charge in [0.15, 0.2) is 0 Å². The van der Waals surface area contributed by atoms with Gasteiger partial charge in [0.25, 0.3) is 5.91 Å². The molecule has 3 rings (SSSR count). The average Bonchev–Trinajstić information content (AvgIpc) is 2.72. The first kappa shape index (κ1) is 20.3. The lowest BCUT2D eigenvalue weighted by Gasteiger charge is -2.34. The van der Waals surface area contributed by atoms with Gasteiger partial charge in [-0.2, -0.15) is 0 Å². The third-order valence-electron chi connectivity index (χ3n) is 4.66. The standard InChI is InChI=1S/C20H29N5O3/c1-15(2)22-18(12-19(23-21)24-8-10-27-11-9-24)25-13-17(28-14-20(25)26)16-6-4-3-5-7-16/h3-7,12,15,17,23H,8-11,13-14,21H2,1-2H3/b19-12+,22-18?. The minimum absolute atomic E-state index is 0.0213. The second-order valence-electron chi connectivity index (χ2n) is 7.07. The van der Waals surface area contributed by atoms with Crippen molar-refractivity contribution in [1.82, 2.24) is 15.2 Å². The molecule has 0 aliphatic carbocycles. The summed E-state index contributed by atoms with van der Waals surface area (Å²) in [5, 5.41) is 0. The van der Waals surface area contributed by atoms with E-state index in [1.54, 1.807) is 4.90 Å². The Balaban J connectivity index is 1.87. The lowest BCUT2D eigenvalue weighted by Crippen LogP contribution is -2.48. The van der Waals surface area contributed by atoms with Crippen molar-refractivity contribution in [3.8, 4) is 0 Å². The van der Waals surface area contributed by atoms with Crippen LogP contribution in [0.25, 0.3) is 0 Å². The Morgan fingerprint density at radius 2 is 2.00 bits per heavy atom. The summed E-state index contributed by atoms with van der Waals surface area (Å²) in [6.45, 7) is 7.14. The van der Waals surface area contributed by atoms with E-state index >= 15 is 0 Å². The zero-order valence-corrected chi connectivity index (χ0v) is 16.5. The van der Waals surface area contributed by atoms with Gasteiger partial charge in [0.05, 0.1) is 19.8 Å². The molecule has 1 unspecified atom stereocenters. The Kier molecular flexibility index (Phi) is 7.02. The number of nitrogens with two attached hydrogens (primary N) is 1. The van der Waals surface area contributed by atoms with E-state index in [9.17, 15) is 4.79 Å². The Hall–Kier alpha value is -2.42. The van der Waals surface area contributed by atoms with Crippen LogP contribution in [-0.4, -0.2) is 67.0 Å². The van der Waals surface area contributed by atoms with Crippen molar-refractivity contribution in [1.29, 1.82) is 0 Å². The second-order valence-corrected chi connectivity index (χ2v) is 7.07. The molecule has 0 bridgehead atoms. The molecule has 8 nitrogen and oxygen atoms in total. The fourth-order valence-electron chi connectivity index (χ4n) is 3.26. The third-order valence-corrected chi connectivity index (χ3v) is 4.66. The number of nitrogens with one attached hydrogen (secondary N) is 1. The first-order valence-corrected chi connectivity index (χ1v) is 9.64. The van der Waals surface area contributed by atoms with E-state index in [-0.39, 0.29) is 24.7 Å². The molecule has 152 valence electrons. The minimum atomic E-state index is -0.192. The number of benzene rings is 1. The van der Waals surface area contributed by atoms with Gasteiger partial charge in [-0.1, -0.05) is 30.3 Å². The van der Waals surface area contributed by atoms with Crippen LogP contribution >= 0.6 is 0 Å². The maximum atomic E-state index is 12.6. The summed E-state index contributed by atoms with van der Waals surface area (Å²) in [6.07, 6.45) is 1.65. The van der Waals surface area contributed by atoms with E-state index in [0.717, 1.165) is 24.5 Å². The number of hydrazine groups is 1. The highest BCUT2D eigenvalue weighted by molar-refractivity contribution is 6.05. The lowest BCUT2D eigenvalue weighted by atomic mass is 10.1. The molecular formula is C20H29N5O3. The normalized spacial score (nSPS) is 22.0. The molecule has 1 atom stereocenters. The summed E-state index contributed by atoms with van der Waals surface area (Å²) < 4.78 is 11.2. The van der Waals surface area contributed by atoms with E-state index in [1.807, 2.05) is 50.3 Å². The van der Waals surface area contributed by atoms with Crippen LogP contribution in [0, 0.1) is 0 Å². The predicted octanol–water partition coefficient (Wildman–Crippen LogP) is 1.03. The highest BCUT2D eigenvalue weighted by Gasteiger charge is 2.30. The number of morpholine rings is 2. The van der Waals surface area contributed by atoms with Gasteiger partial charge in [-0.15, -0.1) is 0 Å². The van der Waals surface area contributed by atoms with Crippen molar-refractivity contribution < 1.29 is 14.3 Å². The molecule has 2 fully saturated rings. The van der Waals surface area contributed by atoms with Crippen LogP contribution in [0.15, 0.2) is 47.2 Å². The largest absolute Gasteiger partial charge is 0.378 e. The maximum Gasteiger partial charge on any atom is 0.254 e. The van der Waals surface area contributed by atoms with E-state index < -0.39 is 0 Å². The van der Waals surface area contributed by atoms with Gasteiger partial charge >= 0.3 is 0 Å². The fraction of sp³-hybridized carbons (Fsp3) is 0.500. The number of hydrogen-bond acceptors (Lipinski definition) is 7. The predicted molar refractivity (Wildman–Crippen MR) is 107 cm³/mol. The summed E-state index contributed by atoms with van der Waals surface area (Å²) in [5.41, 5.74) is 3.79. The van der Waals surface area contributed by atoms with E-state index in [2.05, 4.69) is 10.3 Å². The number of rotatable bonds is 5. The monoisotopic (exact) mass is 387 g/mol. The van der Waals surface area contributed by atoms with Crippen molar-refractivity contribution >= 4 is 11.7 Å². The van der Waals surface area contributed by atoms with Crippen molar-refractivity contribution in [2.24, 2.45) is 10.8 Å². The molecule has 1 aromatic carbocycles. The number of amidine groups is 1. The molecule has 1 amide bonds. The number of nitrogens with zero attached hydrogens (tertiary/aromatic N) is 3. The van der Waals surface area contributed by atoms with Gasteiger partial charge in [0.1, 0.15) is 24.4 Å². The molecule has 8 heteroatoms. The summed E-state index contributed by atoms with van der Waals surface area (Å²) in [6, 6.07) is 9.95. The Labute approximate surface area is 166 Å². The first-order chi connectivity index (χ1) is 13.6. The van der Waals surface area contributed by atoms with Gasteiger partial charge in [0, 0.05) is 25.2 Å². The number of carbonyl (C=O) groups excluding carboxylic acids is 1. The lowest BCUT2D eigenvalue weighted by molar-refractivity contribution is -0.143. The van der Waals surface area contributed by atoms with E-state index in [1.165, 1.54) is 0 Å². The molecule has 3 N–H and O–H groups in total. The highest BCUT2D eigenvalue weighted by atomic mass is 16.5. The van der Waals surface area contributed by atoms with Gasteiger partial charge in [-0.05, 0) is 19.4 Å². The van der Waals surface area contributed by atoms with Crippen molar-refractivity contribution in [3.63, 3.8) is 0 Å². The zero-order valence-electron chi connectivity index (χ0n) is 16.5. The first-order valence-electron chi connectivity index (χ1n) is 9.64. The van der Waals surface area contributed by atoms with Crippen molar-refractivity contribution in [3.05, 3.63) is 47.8 Å². The van der Waals surface area contributed by atoms with Crippen LogP contribution in [0.1, 0.15) is 25.5 Å². The van der Waals surface area contributed by atoms with Crippen molar-refractivity contribution in [2.45, 2.75) is 26.0 Å². The van der Waals surface area contributed by atoms with Crippen molar-refractivity contribution in [2.75, 3.05) is 39.5 Å². The number of ether oxygens (including phenoxy) is 2. The molecule has 0 spiro atoms. The van der Waals surface area contributed by atoms with Crippen LogP contribution in [0.5, 0.6) is 0 Å². The van der Waals surface area contributed by atoms with Gasteiger partial charge < -0.3 is 19.8 Å². The van der Waals surface area contributed by atoms with Gasteiger partial charge in [0.2, 0.25) is 0 Å². The average molecular weight is 387 g/mol. The van der Waals surface area contributed by atoms with Gasteiger partial charge in [-0.3, -0.25) is 14.7 Å². The highest BCUT2D eigenvalue weighted by Crippen LogP contribution is 2.23. The minimum Gasteiger partial charge on any atom is -0.378 e. The fourth-order valence-corrected chi connectivity index (χ4v) is 3.26. The SMILES string of the molecule is CC(C)N=C(/C=C(\NN)N1CCOCC1)N1CC(c2ccccc2)OCC1=O. The molecule has 1 aromatic rings. The summed E-state index contributed by atoms with van der Waals surface area (Å²) in [7, 11) is 0. The maximum absolute atomic E-state index is 12.6. The smallest absolute Gasteiger partial charge is 0.254 e. The summed E-state index contributed by atoms with van der Waals surface area (Å²) in [5.74, 6) is 6.98. The Morgan fingerprint density at radius 1 is 1.29 bits per heavy atom. The number of aliphatic imine (C=N–C) groups is 1. The van der Waals surface area contributed by atoms with Crippen LogP contribution in [0.2, 0.25) is 0 Å². The molecule has 2 aliphatic rings. The van der Waals surface area contributed by atoms with E-state index in [4.69, 9.17) is 20.3 Å². The van der Waals surface area contributed by atoms with Crippen LogP contribution in [0.4, 0.5) is 0 Å².